The maximum Gasteiger partial charge on any atom is 0.214 e. The third-order valence-electron chi connectivity index (χ3n) is 3.68. The maximum atomic E-state index is 13.4. The van der Waals surface area contributed by atoms with Crippen molar-refractivity contribution in [3.05, 3.63) is 65.5 Å². The quantitative estimate of drug-likeness (QED) is 0.660. The molecule has 3 rings (SSSR count). The zero-order chi connectivity index (χ0) is 17.2. The molecule has 3 aromatic rings. The average molecular weight is 342 g/mol. The molecule has 0 fully saturated rings. The van der Waals surface area contributed by atoms with E-state index in [1.165, 1.54) is 35.0 Å². The second-order valence-electron chi connectivity index (χ2n) is 6.59. The molecule has 1 aromatic heterocycles. The van der Waals surface area contributed by atoms with E-state index in [1.807, 2.05) is 0 Å². The van der Waals surface area contributed by atoms with Crippen molar-refractivity contribution >= 4 is 11.8 Å². The summed E-state index contributed by atoms with van der Waals surface area (Å²) >= 11 is 1.53. The summed E-state index contributed by atoms with van der Waals surface area (Å²) in [6.07, 6.45) is 0. The van der Waals surface area contributed by atoms with Crippen LogP contribution >= 0.6 is 11.8 Å². The predicted molar refractivity (Wildman–Crippen MR) is 93.8 cm³/mol. The van der Waals surface area contributed by atoms with Gasteiger partial charge in [0.15, 0.2) is 0 Å². The largest absolute Gasteiger partial charge is 0.214 e. The fourth-order valence-corrected chi connectivity index (χ4v) is 3.13. The Morgan fingerprint density at radius 2 is 1.83 bits per heavy atom. The lowest BCUT2D eigenvalue weighted by atomic mass is 9.87. The molecule has 2 aromatic carbocycles. The first kappa shape index (κ1) is 16.6. The van der Waals surface area contributed by atoms with Gasteiger partial charge < -0.3 is 0 Å². The Balaban J connectivity index is 1.73. The second kappa shape index (κ2) is 6.73. The number of benzene rings is 2. The summed E-state index contributed by atoms with van der Waals surface area (Å²) in [5, 5.41) is 12.3. The first-order valence-corrected chi connectivity index (χ1v) is 8.68. The Morgan fingerprint density at radius 1 is 1.08 bits per heavy atom. The van der Waals surface area contributed by atoms with Crippen LogP contribution in [0.2, 0.25) is 0 Å². The van der Waals surface area contributed by atoms with E-state index in [2.05, 4.69) is 60.6 Å². The molecule has 0 saturated carbocycles. The van der Waals surface area contributed by atoms with Crippen LogP contribution in [0.25, 0.3) is 5.69 Å². The molecule has 0 aliphatic carbocycles. The number of nitrogens with zero attached hydrogens (tertiary/aromatic N) is 4. The zero-order valence-corrected chi connectivity index (χ0v) is 14.7. The molecule has 0 saturated heterocycles. The van der Waals surface area contributed by atoms with Crippen LogP contribution in [0.3, 0.4) is 0 Å². The van der Waals surface area contributed by atoms with Gasteiger partial charge in [0, 0.05) is 5.75 Å². The molecule has 0 atom stereocenters. The van der Waals surface area contributed by atoms with Gasteiger partial charge in [-0.3, -0.25) is 0 Å². The number of thioether (sulfide) groups is 1. The van der Waals surface area contributed by atoms with E-state index in [1.54, 1.807) is 16.8 Å². The predicted octanol–water partition coefficient (Wildman–Crippen LogP) is 4.39. The summed E-state index contributed by atoms with van der Waals surface area (Å²) in [5.74, 6) is 0.442. The van der Waals surface area contributed by atoms with Gasteiger partial charge in [0.25, 0.3) is 0 Å². The van der Waals surface area contributed by atoms with Crippen LogP contribution in [0.1, 0.15) is 31.9 Å². The first-order valence-electron chi connectivity index (χ1n) is 7.70. The third-order valence-corrected chi connectivity index (χ3v) is 4.67. The van der Waals surface area contributed by atoms with E-state index >= 15 is 0 Å². The van der Waals surface area contributed by atoms with Crippen LogP contribution in [0, 0.1) is 5.82 Å². The fourth-order valence-electron chi connectivity index (χ4n) is 2.29. The number of hydrogen-bond donors (Lipinski definition) is 0. The zero-order valence-electron chi connectivity index (χ0n) is 13.9. The Kier molecular flexibility index (Phi) is 4.66. The monoisotopic (exact) mass is 342 g/mol. The van der Waals surface area contributed by atoms with Crippen LogP contribution in [0.4, 0.5) is 4.39 Å². The summed E-state index contributed by atoms with van der Waals surface area (Å²) in [7, 11) is 0. The van der Waals surface area contributed by atoms with Gasteiger partial charge in [0.05, 0.1) is 5.69 Å². The van der Waals surface area contributed by atoms with Gasteiger partial charge in [-0.25, -0.2) is 4.39 Å². The van der Waals surface area contributed by atoms with Crippen molar-refractivity contribution in [2.45, 2.75) is 37.1 Å². The third kappa shape index (κ3) is 3.82. The van der Waals surface area contributed by atoms with Crippen molar-refractivity contribution in [2.24, 2.45) is 0 Å². The van der Waals surface area contributed by atoms with E-state index in [0.717, 1.165) is 5.75 Å². The van der Waals surface area contributed by atoms with Crippen LogP contribution in [0.15, 0.2) is 53.7 Å². The van der Waals surface area contributed by atoms with E-state index < -0.39 is 0 Å². The number of halogens is 1. The van der Waals surface area contributed by atoms with Gasteiger partial charge in [-0.1, -0.05) is 62.9 Å². The average Bonchev–Trinajstić information content (AvgIpc) is 3.01. The Labute approximate surface area is 145 Å². The second-order valence-corrected chi connectivity index (χ2v) is 7.53. The minimum absolute atomic E-state index is 0.146. The van der Waals surface area contributed by atoms with Gasteiger partial charge in [-0.15, -0.1) is 5.10 Å². The molecular weight excluding hydrogens is 323 g/mol. The Bertz CT molecular complexity index is 822. The normalized spacial score (nSPS) is 11.7. The highest BCUT2D eigenvalue weighted by atomic mass is 32.2. The van der Waals surface area contributed by atoms with Crippen LogP contribution in [-0.2, 0) is 11.2 Å². The molecule has 0 aliphatic heterocycles. The van der Waals surface area contributed by atoms with Crippen molar-refractivity contribution in [1.29, 1.82) is 0 Å². The molecule has 124 valence electrons. The molecule has 0 spiro atoms. The molecule has 24 heavy (non-hydrogen) atoms. The van der Waals surface area contributed by atoms with Crippen LogP contribution < -0.4 is 0 Å². The number of hydrogen-bond acceptors (Lipinski definition) is 4. The highest BCUT2D eigenvalue weighted by Crippen LogP contribution is 2.26. The number of tetrazole rings is 1. The lowest BCUT2D eigenvalue weighted by Crippen LogP contribution is -2.10. The highest BCUT2D eigenvalue weighted by Gasteiger charge is 2.13. The van der Waals surface area contributed by atoms with E-state index in [4.69, 9.17) is 0 Å². The SMILES string of the molecule is CC(C)(C)c1ccc(CSc2nnnn2-c2cccc(F)c2)cc1. The summed E-state index contributed by atoms with van der Waals surface area (Å²) in [6.45, 7) is 6.59. The Morgan fingerprint density at radius 3 is 2.50 bits per heavy atom. The molecule has 0 unspecified atom stereocenters. The minimum Gasteiger partial charge on any atom is -0.207 e. The molecule has 0 bridgehead atoms. The summed E-state index contributed by atoms with van der Waals surface area (Å²) in [5.41, 5.74) is 3.26. The van der Waals surface area contributed by atoms with Crippen molar-refractivity contribution in [3.63, 3.8) is 0 Å². The van der Waals surface area contributed by atoms with Crippen molar-refractivity contribution in [1.82, 2.24) is 20.2 Å². The topological polar surface area (TPSA) is 43.6 Å². The lowest BCUT2D eigenvalue weighted by Gasteiger charge is -2.19. The Hall–Kier alpha value is -2.21. The van der Waals surface area contributed by atoms with Crippen molar-refractivity contribution < 1.29 is 4.39 Å². The summed E-state index contributed by atoms with van der Waals surface area (Å²) < 4.78 is 14.9. The van der Waals surface area contributed by atoms with Gasteiger partial charge in [-0.2, -0.15) is 4.68 Å². The summed E-state index contributed by atoms with van der Waals surface area (Å²) in [6, 6.07) is 14.8. The van der Waals surface area contributed by atoms with E-state index in [0.29, 0.717) is 10.8 Å². The molecule has 0 N–H and O–H groups in total. The summed E-state index contributed by atoms with van der Waals surface area (Å²) in [4.78, 5) is 0. The van der Waals surface area contributed by atoms with Gasteiger partial charge in [-0.05, 0) is 45.2 Å². The minimum atomic E-state index is -0.309. The molecule has 6 heteroatoms. The van der Waals surface area contributed by atoms with Gasteiger partial charge in [0.2, 0.25) is 5.16 Å². The molecule has 1 heterocycles. The van der Waals surface area contributed by atoms with Crippen LogP contribution in [-0.4, -0.2) is 20.2 Å². The van der Waals surface area contributed by atoms with Crippen molar-refractivity contribution in [3.8, 4) is 5.69 Å². The number of aromatic nitrogens is 4. The molecule has 0 amide bonds. The standard InChI is InChI=1S/C18H19FN4S/c1-18(2,3)14-9-7-13(8-10-14)12-24-17-20-21-22-23(17)16-6-4-5-15(19)11-16/h4-11H,12H2,1-3H3. The molecular formula is C18H19FN4S. The number of rotatable bonds is 4. The highest BCUT2D eigenvalue weighted by molar-refractivity contribution is 7.98. The molecule has 0 radical (unpaired) electrons. The van der Waals surface area contributed by atoms with Crippen LogP contribution in [0.5, 0.6) is 0 Å². The molecule has 4 nitrogen and oxygen atoms in total. The molecule has 0 aliphatic rings. The first-order chi connectivity index (χ1) is 11.4. The maximum absolute atomic E-state index is 13.4. The lowest BCUT2D eigenvalue weighted by molar-refractivity contribution is 0.590. The smallest absolute Gasteiger partial charge is 0.207 e. The van der Waals surface area contributed by atoms with E-state index in [9.17, 15) is 4.39 Å². The van der Waals surface area contributed by atoms with Crippen molar-refractivity contribution in [2.75, 3.05) is 0 Å². The fraction of sp³-hybridized carbons (Fsp3) is 0.278. The van der Waals surface area contributed by atoms with Gasteiger partial charge in [0.1, 0.15) is 5.82 Å². The van der Waals surface area contributed by atoms with E-state index in [-0.39, 0.29) is 11.2 Å². The van der Waals surface area contributed by atoms with Gasteiger partial charge >= 0.3 is 0 Å².